The molecule has 2 aromatic heterocycles. The molecule has 3 heterocycles. The highest BCUT2D eigenvalue weighted by atomic mass is 16.1. The van der Waals surface area contributed by atoms with Crippen LogP contribution in [0.15, 0.2) is 18.7 Å². The fourth-order valence-electron chi connectivity index (χ4n) is 2.29. The Morgan fingerprint density at radius 1 is 1.32 bits per heavy atom. The van der Waals surface area contributed by atoms with Crippen molar-refractivity contribution in [3.63, 3.8) is 0 Å². The number of hydrogen-bond acceptors (Lipinski definition) is 5. The van der Waals surface area contributed by atoms with Crippen molar-refractivity contribution < 1.29 is 4.79 Å². The lowest BCUT2D eigenvalue weighted by Crippen LogP contribution is -2.29. The third-order valence-corrected chi connectivity index (χ3v) is 3.36. The van der Waals surface area contributed by atoms with E-state index in [0.717, 1.165) is 25.9 Å². The summed E-state index contributed by atoms with van der Waals surface area (Å²) in [4.78, 5) is 16.2. The van der Waals surface area contributed by atoms with Gasteiger partial charge in [0.2, 0.25) is 5.78 Å². The van der Waals surface area contributed by atoms with Gasteiger partial charge < -0.3 is 9.88 Å². The predicted molar refractivity (Wildman–Crippen MR) is 67.8 cm³/mol. The van der Waals surface area contributed by atoms with Gasteiger partial charge in [0.15, 0.2) is 5.69 Å². The molecule has 0 spiro atoms. The first-order valence-electron chi connectivity index (χ1n) is 6.39. The standard InChI is InChI=1S/C12H16N6O/c1-17-6-10(14-8-17)12(19)11-7-18(16-15-11)9-2-4-13-5-3-9/h6-9,13H,2-5H2,1H3. The van der Waals surface area contributed by atoms with Crippen molar-refractivity contribution in [2.24, 2.45) is 7.05 Å². The van der Waals surface area contributed by atoms with E-state index in [0.29, 0.717) is 17.4 Å². The summed E-state index contributed by atoms with van der Waals surface area (Å²) in [6.07, 6.45) is 7.05. The molecule has 1 aliphatic heterocycles. The molecule has 0 atom stereocenters. The fraction of sp³-hybridized carbons (Fsp3) is 0.500. The molecule has 0 aromatic carbocycles. The van der Waals surface area contributed by atoms with E-state index < -0.39 is 0 Å². The van der Waals surface area contributed by atoms with Gasteiger partial charge in [-0.3, -0.25) is 4.79 Å². The Morgan fingerprint density at radius 2 is 2.11 bits per heavy atom. The van der Waals surface area contributed by atoms with Gasteiger partial charge in [0, 0.05) is 13.2 Å². The van der Waals surface area contributed by atoms with Crippen molar-refractivity contribution in [1.82, 2.24) is 29.9 Å². The molecule has 0 radical (unpaired) electrons. The largest absolute Gasteiger partial charge is 0.340 e. The van der Waals surface area contributed by atoms with Gasteiger partial charge in [0.05, 0.1) is 18.6 Å². The van der Waals surface area contributed by atoms with Crippen molar-refractivity contribution in [3.8, 4) is 0 Å². The van der Waals surface area contributed by atoms with Gasteiger partial charge >= 0.3 is 0 Å². The van der Waals surface area contributed by atoms with Crippen molar-refractivity contribution >= 4 is 5.78 Å². The number of rotatable bonds is 3. The SMILES string of the molecule is Cn1cnc(C(=O)c2cn(C3CCNCC3)nn2)c1. The molecule has 7 nitrogen and oxygen atoms in total. The summed E-state index contributed by atoms with van der Waals surface area (Å²) >= 11 is 0. The summed E-state index contributed by atoms with van der Waals surface area (Å²) < 4.78 is 3.54. The molecule has 1 aliphatic rings. The average molecular weight is 260 g/mol. The van der Waals surface area contributed by atoms with E-state index in [1.807, 2.05) is 7.05 Å². The third-order valence-electron chi connectivity index (χ3n) is 3.36. The van der Waals surface area contributed by atoms with Crippen LogP contribution in [0.4, 0.5) is 0 Å². The van der Waals surface area contributed by atoms with Crippen LogP contribution in [0.25, 0.3) is 0 Å². The van der Waals surface area contributed by atoms with Crippen molar-refractivity contribution in [3.05, 3.63) is 30.1 Å². The third kappa shape index (κ3) is 2.41. The number of piperidine rings is 1. The summed E-state index contributed by atoms with van der Waals surface area (Å²) in [5.74, 6) is -0.180. The van der Waals surface area contributed by atoms with Gasteiger partial charge in [-0.25, -0.2) is 9.67 Å². The second-order valence-electron chi connectivity index (χ2n) is 4.82. The van der Waals surface area contributed by atoms with Crippen molar-refractivity contribution in [1.29, 1.82) is 0 Å². The topological polar surface area (TPSA) is 77.6 Å². The Labute approximate surface area is 110 Å². The number of nitrogens with zero attached hydrogens (tertiary/aromatic N) is 5. The first-order valence-corrected chi connectivity index (χ1v) is 6.39. The van der Waals surface area contributed by atoms with Crippen LogP contribution in [0.5, 0.6) is 0 Å². The number of aromatic nitrogens is 5. The van der Waals surface area contributed by atoms with Crippen molar-refractivity contribution in [2.75, 3.05) is 13.1 Å². The average Bonchev–Trinajstić information content (AvgIpc) is 3.08. The number of carbonyl (C=O) groups is 1. The highest BCUT2D eigenvalue weighted by Crippen LogP contribution is 2.17. The van der Waals surface area contributed by atoms with Gasteiger partial charge in [-0.15, -0.1) is 5.10 Å². The molecule has 2 aromatic rings. The lowest BCUT2D eigenvalue weighted by Gasteiger charge is -2.21. The predicted octanol–water partition coefficient (Wildman–Crippen LogP) is 0.167. The lowest BCUT2D eigenvalue weighted by atomic mass is 10.1. The van der Waals surface area contributed by atoms with Gasteiger partial charge in [0.25, 0.3) is 0 Å². The van der Waals surface area contributed by atoms with Gasteiger partial charge in [-0.2, -0.15) is 0 Å². The van der Waals surface area contributed by atoms with Gasteiger partial charge in [-0.05, 0) is 25.9 Å². The van der Waals surface area contributed by atoms with Crippen LogP contribution in [0.3, 0.4) is 0 Å². The molecule has 0 unspecified atom stereocenters. The van der Waals surface area contributed by atoms with Gasteiger partial charge in [0.1, 0.15) is 5.69 Å². The molecule has 0 aliphatic carbocycles. The zero-order chi connectivity index (χ0) is 13.2. The highest BCUT2D eigenvalue weighted by molar-refractivity contribution is 6.05. The van der Waals surface area contributed by atoms with E-state index in [2.05, 4.69) is 20.6 Å². The molecular formula is C12H16N6O. The normalized spacial score (nSPS) is 16.7. The van der Waals surface area contributed by atoms with E-state index >= 15 is 0 Å². The number of nitrogens with one attached hydrogen (secondary N) is 1. The minimum Gasteiger partial charge on any atom is -0.340 e. The zero-order valence-corrected chi connectivity index (χ0v) is 10.8. The molecule has 19 heavy (non-hydrogen) atoms. The van der Waals surface area contributed by atoms with Crippen LogP contribution >= 0.6 is 0 Å². The maximum absolute atomic E-state index is 12.2. The molecule has 0 saturated carbocycles. The smallest absolute Gasteiger partial charge is 0.234 e. The number of hydrogen-bond donors (Lipinski definition) is 1. The molecule has 1 N–H and O–H groups in total. The van der Waals surface area contributed by atoms with Crippen LogP contribution < -0.4 is 5.32 Å². The molecule has 1 saturated heterocycles. The van der Waals surface area contributed by atoms with Crippen LogP contribution in [0.2, 0.25) is 0 Å². The minimum absolute atomic E-state index is 0.180. The second-order valence-corrected chi connectivity index (χ2v) is 4.82. The number of carbonyl (C=O) groups excluding carboxylic acids is 1. The summed E-state index contributed by atoms with van der Waals surface area (Å²) in [5.41, 5.74) is 0.761. The highest BCUT2D eigenvalue weighted by Gasteiger charge is 2.20. The lowest BCUT2D eigenvalue weighted by molar-refractivity contribution is 0.103. The van der Waals surface area contributed by atoms with E-state index in [1.54, 1.807) is 28.0 Å². The maximum Gasteiger partial charge on any atom is 0.234 e. The second kappa shape index (κ2) is 4.93. The molecule has 0 bridgehead atoms. The fourth-order valence-corrected chi connectivity index (χ4v) is 2.29. The van der Waals surface area contributed by atoms with E-state index in [-0.39, 0.29) is 5.78 Å². The molecule has 1 fully saturated rings. The van der Waals surface area contributed by atoms with E-state index in [4.69, 9.17) is 0 Å². The Hall–Kier alpha value is -2.02. The van der Waals surface area contributed by atoms with Crippen LogP contribution in [-0.4, -0.2) is 43.4 Å². The Bertz CT molecular complexity index is 581. The molecule has 100 valence electrons. The zero-order valence-electron chi connectivity index (χ0n) is 10.8. The Balaban J connectivity index is 1.78. The van der Waals surface area contributed by atoms with E-state index in [1.165, 1.54) is 0 Å². The minimum atomic E-state index is -0.180. The summed E-state index contributed by atoms with van der Waals surface area (Å²) in [5, 5.41) is 11.3. The quantitative estimate of drug-likeness (QED) is 0.796. The number of imidazole rings is 1. The van der Waals surface area contributed by atoms with Crippen LogP contribution in [0, 0.1) is 0 Å². The first-order chi connectivity index (χ1) is 9.24. The number of ketones is 1. The van der Waals surface area contributed by atoms with Crippen LogP contribution in [0.1, 0.15) is 35.1 Å². The monoisotopic (exact) mass is 260 g/mol. The summed E-state index contributed by atoms with van der Waals surface area (Å²) in [6.45, 7) is 1.96. The molecular weight excluding hydrogens is 244 g/mol. The van der Waals surface area contributed by atoms with Crippen LogP contribution in [-0.2, 0) is 7.05 Å². The summed E-state index contributed by atoms with van der Waals surface area (Å²) in [7, 11) is 1.83. The first kappa shape index (κ1) is 12.0. The van der Waals surface area contributed by atoms with Gasteiger partial charge in [-0.1, -0.05) is 5.21 Å². The Morgan fingerprint density at radius 3 is 2.79 bits per heavy atom. The summed E-state index contributed by atoms with van der Waals surface area (Å²) in [6, 6.07) is 0.332. The molecule has 7 heteroatoms. The molecule has 0 amide bonds. The Kier molecular flexibility index (Phi) is 3.12. The maximum atomic E-state index is 12.2. The van der Waals surface area contributed by atoms with Crippen molar-refractivity contribution in [2.45, 2.75) is 18.9 Å². The van der Waals surface area contributed by atoms with E-state index in [9.17, 15) is 4.79 Å². The number of aryl methyl sites for hydroxylation is 1. The molecule has 3 rings (SSSR count).